The number of halogens is 3. The minimum absolute atomic E-state index is 0.0216. The summed E-state index contributed by atoms with van der Waals surface area (Å²) in [5.41, 5.74) is 0.0983. The Morgan fingerprint density at radius 3 is 2.32 bits per heavy atom. The van der Waals surface area contributed by atoms with Gasteiger partial charge in [0, 0.05) is 19.0 Å². The zero-order valence-electron chi connectivity index (χ0n) is 16.1. The van der Waals surface area contributed by atoms with Crippen molar-refractivity contribution in [1.82, 2.24) is 10.2 Å². The Hall–Kier alpha value is -1.21. The number of amides is 1. The third-order valence-electron chi connectivity index (χ3n) is 5.87. The molecule has 1 N–H and O–H groups in total. The van der Waals surface area contributed by atoms with Crippen molar-refractivity contribution >= 4 is 17.7 Å². The van der Waals surface area contributed by atoms with Gasteiger partial charge in [0.05, 0.1) is 5.56 Å². The fourth-order valence-corrected chi connectivity index (χ4v) is 5.12. The number of likely N-dealkylation sites (tertiary alicyclic amines) is 1. The number of carbonyl (C=O) groups excluding carboxylic acids is 1. The molecule has 2 saturated heterocycles. The van der Waals surface area contributed by atoms with Gasteiger partial charge >= 0.3 is 6.18 Å². The molecule has 156 valence electrons. The van der Waals surface area contributed by atoms with Crippen molar-refractivity contribution in [3.63, 3.8) is 0 Å². The van der Waals surface area contributed by atoms with E-state index in [1.807, 2.05) is 0 Å². The molecule has 0 spiro atoms. The van der Waals surface area contributed by atoms with Gasteiger partial charge in [-0.25, -0.2) is 0 Å². The Balaban J connectivity index is 1.32. The largest absolute Gasteiger partial charge is 0.416 e. The number of thioether (sulfide) groups is 1. The number of hydrogen-bond donors (Lipinski definition) is 1. The lowest BCUT2D eigenvalue weighted by atomic mass is 9.94. The van der Waals surface area contributed by atoms with E-state index in [4.69, 9.17) is 0 Å². The normalized spacial score (nSPS) is 20.2. The van der Waals surface area contributed by atoms with Gasteiger partial charge in [0.15, 0.2) is 0 Å². The maximum atomic E-state index is 12.6. The summed E-state index contributed by atoms with van der Waals surface area (Å²) < 4.78 is 37.7. The summed E-state index contributed by atoms with van der Waals surface area (Å²) in [6.07, 6.45) is 1.31. The quantitative estimate of drug-likeness (QED) is 0.751. The van der Waals surface area contributed by atoms with Crippen LogP contribution in [0.3, 0.4) is 0 Å². The van der Waals surface area contributed by atoms with Crippen LogP contribution in [0.25, 0.3) is 0 Å². The van der Waals surface area contributed by atoms with Crippen molar-refractivity contribution in [1.29, 1.82) is 0 Å². The minimum Gasteiger partial charge on any atom is -0.356 e. The fraction of sp³-hybridized carbons (Fsp3) is 0.667. The molecule has 3 rings (SSSR count). The second kappa shape index (κ2) is 10.0. The Labute approximate surface area is 169 Å². The van der Waals surface area contributed by atoms with Gasteiger partial charge in [0.25, 0.3) is 0 Å². The van der Waals surface area contributed by atoms with E-state index in [-0.39, 0.29) is 5.91 Å². The first-order valence-corrected chi connectivity index (χ1v) is 11.3. The van der Waals surface area contributed by atoms with E-state index in [9.17, 15) is 18.0 Å². The predicted octanol–water partition coefficient (Wildman–Crippen LogP) is 4.36. The second-order valence-electron chi connectivity index (χ2n) is 7.82. The lowest BCUT2D eigenvalue weighted by Crippen LogP contribution is -2.45. The first kappa shape index (κ1) is 21.5. The summed E-state index contributed by atoms with van der Waals surface area (Å²) in [5.74, 6) is 3.06. The Kier molecular flexibility index (Phi) is 7.69. The molecule has 0 aliphatic carbocycles. The zero-order chi connectivity index (χ0) is 20.0. The molecule has 2 fully saturated rings. The summed E-state index contributed by atoms with van der Waals surface area (Å²) in [6.45, 7) is 2.96. The average Bonchev–Trinajstić information content (AvgIpc) is 2.71. The maximum Gasteiger partial charge on any atom is 0.416 e. The number of rotatable bonds is 6. The van der Waals surface area contributed by atoms with Gasteiger partial charge in [-0.1, -0.05) is 12.1 Å². The lowest BCUT2D eigenvalue weighted by Gasteiger charge is -2.39. The Morgan fingerprint density at radius 2 is 1.71 bits per heavy atom. The van der Waals surface area contributed by atoms with E-state index in [2.05, 4.69) is 22.0 Å². The van der Waals surface area contributed by atoms with Crippen molar-refractivity contribution in [2.24, 2.45) is 5.92 Å². The summed E-state index contributed by atoms with van der Waals surface area (Å²) in [7, 11) is 0. The van der Waals surface area contributed by atoms with Crippen LogP contribution in [0, 0.1) is 5.92 Å². The Bertz CT molecular complexity index is 622. The molecule has 1 aromatic carbocycles. The van der Waals surface area contributed by atoms with Crippen LogP contribution in [0.1, 0.15) is 43.2 Å². The average molecular weight is 415 g/mol. The van der Waals surface area contributed by atoms with Crippen molar-refractivity contribution in [3.05, 3.63) is 35.4 Å². The second-order valence-corrected chi connectivity index (χ2v) is 9.05. The van der Waals surface area contributed by atoms with Gasteiger partial charge in [-0.15, -0.1) is 0 Å². The molecule has 28 heavy (non-hydrogen) atoms. The van der Waals surface area contributed by atoms with Crippen molar-refractivity contribution in [2.45, 2.75) is 50.7 Å². The molecule has 1 amide bonds. The highest BCUT2D eigenvalue weighted by Gasteiger charge is 2.30. The van der Waals surface area contributed by atoms with Crippen molar-refractivity contribution < 1.29 is 18.0 Å². The van der Waals surface area contributed by atoms with E-state index in [0.29, 0.717) is 25.3 Å². The molecule has 0 radical (unpaired) electrons. The number of aryl methyl sites for hydroxylation is 1. The van der Waals surface area contributed by atoms with E-state index in [0.717, 1.165) is 49.7 Å². The molecule has 0 unspecified atom stereocenters. The van der Waals surface area contributed by atoms with Gasteiger partial charge in [-0.2, -0.15) is 24.9 Å². The standard InChI is InChI=1S/C21H29F3N2OS/c22-21(23,24)18-4-1-16(2-5-18)3-6-20(27)25-15-17-7-11-26(12-8-17)19-9-13-28-14-10-19/h1-2,4-5,17,19H,3,6-15H2,(H,25,27). The number of hydrogen-bond acceptors (Lipinski definition) is 3. The molecule has 2 aliphatic rings. The van der Waals surface area contributed by atoms with Crippen LogP contribution in [0.5, 0.6) is 0 Å². The highest BCUT2D eigenvalue weighted by Crippen LogP contribution is 2.29. The molecule has 7 heteroatoms. The number of carbonyl (C=O) groups is 1. The molecule has 0 saturated carbocycles. The van der Waals surface area contributed by atoms with Gasteiger partial charge in [-0.05, 0) is 80.3 Å². The van der Waals surface area contributed by atoms with Crippen LogP contribution in [-0.4, -0.2) is 48.0 Å². The molecule has 0 bridgehead atoms. The number of nitrogens with zero attached hydrogens (tertiary/aromatic N) is 1. The van der Waals surface area contributed by atoms with Crippen LogP contribution in [-0.2, 0) is 17.4 Å². The molecule has 0 atom stereocenters. The Morgan fingerprint density at radius 1 is 1.07 bits per heavy atom. The monoisotopic (exact) mass is 414 g/mol. The lowest BCUT2D eigenvalue weighted by molar-refractivity contribution is -0.137. The van der Waals surface area contributed by atoms with Crippen LogP contribution >= 0.6 is 11.8 Å². The van der Waals surface area contributed by atoms with E-state index < -0.39 is 11.7 Å². The molecule has 2 aliphatic heterocycles. The maximum absolute atomic E-state index is 12.6. The first-order chi connectivity index (χ1) is 13.4. The van der Waals surface area contributed by atoms with Crippen LogP contribution in [0.15, 0.2) is 24.3 Å². The van der Waals surface area contributed by atoms with Gasteiger partial charge in [0.1, 0.15) is 0 Å². The third kappa shape index (κ3) is 6.41. The minimum atomic E-state index is -4.32. The van der Waals surface area contributed by atoms with Crippen LogP contribution in [0.4, 0.5) is 13.2 Å². The fourth-order valence-electron chi connectivity index (χ4n) is 4.04. The van der Waals surface area contributed by atoms with Gasteiger partial charge in [0.2, 0.25) is 5.91 Å². The van der Waals surface area contributed by atoms with Crippen LogP contribution in [0.2, 0.25) is 0 Å². The number of alkyl halides is 3. The smallest absolute Gasteiger partial charge is 0.356 e. The van der Waals surface area contributed by atoms with E-state index in [1.165, 1.54) is 36.5 Å². The molecule has 2 heterocycles. The highest BCUT2D eigenvalue weighted by atomic mass is 32.2. The van der Waals surface area contributed by atoms with Crippen molar-refractivity contribution in [2.75, 3.05) is 31.1 Å². The molecule has 3 nitrogen and oxygen atoms in total. The van der Waals surface area contributed by atoms with Crippen molar-refractivity contribution in [3.8, 4) is 0 Å². The molecule has 0 aromatic heterocycles. The summed E-state index contributed by atoms with van der Waals surface area (Å²) >= 11 is 2.06. The molecular weight excluding hydrogens is 385 g/mol. The third-order valence-corrected chi connectivity index (χ3v) is 6.92. The summed E-state index contributed by atoms with van der Waals surface area (Å²) in [4.78, 5) is 14.7. The van der Waals surface area contributed by atoms with Gasteiger partial charge in [-0.3, -0.25) is 4.79 Å². The topological polar surface area (TPSA) is 32.3 Å². The number of piperidine rings is 1. The van der Waals surface area contributed by atoms with Gasteiger partial charge < -0.3 is 10.2 Å². The predicted molar refractivity (Wildman–Crippen MR) is 107 cm³/mol. The van der Waals surface area contributed by atoms with Crippen LogP contribution < -0.4 is 5.32 Å². The first-order valence-electron chi connectivity index (χ1n) is 10.2. The number of nitrogens with one attached hydrogen (secondary N) is 1. The highest BCUT2D eigenvalue weighted by molar-refractivity contribution is 7.99. The SMILES string of the molecule is O=C(CCc1ccc(C(F)(F)F)cc1)NCC1CCN(C2CCSCC2)CC1. The van der Waals surface area contributed by atoms with E-state index in [1.54, 1.807) is 0 Å². The summed E-state index contributed by atoms with van der Waals surface area (Å²) in [6, 6.07) is 5.81. The zero-order valence-corrected chi connectivity index (χ0v) is 17.0. The summed E-state index contributed by atoms with van der Waals surface area (Å²) in [5, 5.41) is 3.01. The molecule has 1 aromatic rings. The molecular formula is C21H29F3N2OS. The number of benzene rings is 1. The van der Waals surface area contributed by atoms with E-state index >= 15 is 0 Å².